The zero-order valence-electron chi connectivity index (χ0n) is 8.82. The summed E-state index contributed by atoms with van der Waals surface area (Å²) in [5, 5.41) is 3.54. The maximum absolute atomic E-state index is 12.0. The van der Waals surface area contributed by atoms with Crippen molar-refractivity contribution in [3.8, 4) is 0 Å². The van der Waals surface area contributed by atoms with E-state index < -0.39 is 0 Å². The van der Waals surface area contributed by atoms with Gasteiger partial charge in [0.15, 0.2) is 0 Å². The highest BCUT2D eigenvalue weighted by atomic mass is 35.5. The van der Waals surface area contributed by atoms with E-state index in [1.54, 1.807) is 4.90 Å². The lowest BCUT2D eigenvalue weighted by molar-refractivity contribution is 0.0760. The van der Waals surface area contributed by atoms with Crippen molar-refractivity contribution in [3.63, 3.8) is 0 Å². The average Bonchev–Trinajstić information content (AvgIpc) is 2.57. The van der Waals surface area contributed by atoms with Crippen LogP contribution in [-0.2, 0) is 0 Å². The van der Waals surface area contributed by atoms with Crippen LogP contribution in [0.25, 0.3) is 0 Å². The van der Waals surface area contributed by atoms with Gasteiger partial charge in [-0.15, -0.1) is 0 Å². The molecule has 1 aromatic heterocycles. The number of carbonyl (C=O) groups excluding carboxylic acids is 1. The Morgan fingerprint density at radius 3 is 2.94 bits per heavy atom. The summed E-state index contributed by atoms with van der Waals surface area (Å²) in [6, 6.07) is 0. The first kappa shape index (κ1) is 11.3. The minimum absolute atomic E-state index is 0.0760. The van der Waals surface area contributed by atoms with E-state index in [1.807, 2.05) is 0 Å². The third-order valence-corrected chi connectivity index (χ3v) is 2.66. The van der Waals surface area contributed by atoms with Gasteiger partial charge < -0.3 is 10.2 Å². The molecule has 1 fully saturated rings. The Bertz CT molecular complexity index is 360. The zero-order chi connectivity index (χ0) is 11.4. The maximum atomic E-state index is 12.0. The van der Waals surface area contributed by atoms with Crippen molar-refractivity contribution in [3.05, 3.63) is 23.2 Å². The van der Waals surface area contributed by atoms with Gasteiger partial charge in [-0.05, 0) is 13.0 Å². The molecule has 1 aromatic rings. The predicted molar refractivity (Wildman–Crippen MR) is 60.4 cm³/mol. The largest absolute Gasteiger partial charge is 0.336 e. The molecule has 0 aromatic carbocycles. The van der Waals surface area contributed by atoms with Gasteiger partial charge in [0, 0.05) is 19.6 Å². The summed E-state index contributed by atoms with van der Waals surface area (Å²) in [6.45, 7) is 3.25. The Kier molecular flexibility index (Phi) is 3.69. The summed E-state index contributed by atoms with van der Waals surface area (Å²) in [4.78, 5) is 21.6. The molecule has 2 rings (SSSR count). The van der Waals surface area contributed by atoms with Crippen LogP contribution in [0.3, 0.4) is 0 Å². The Morgan fingerprint density at radius 1 is 1.31 bits per heavy atom. The smallest absolute Gasteiger partial charge is 0.274 e. The Balaban J connectivity index is 2.08. The fraction of sp³-hybridized carbons (Fsp3) is 0.500. The topological polar surface area (TPSA) is 58.1 Å². The first-order chi connectivity index (χ1) is 7.77. The molecular formula is C10H13ClN4O. The number of nitrogens with zero attached hydrogens (tertiary/aromatic N) is 3. The Morgan fingerprint density at radius 2 is 2.19 bits per heavy atom. The van der Waals surface area contributed by atoms with Crippen molar-refractivity contribution in [2.24, 2.45) is 0 Å². The summed E-state index contributed by atoms with van der Waals surface area (Å²) in [5.74, 6) is -0.0760. The van der Waals surface area contributed by atoms with Crippen LogP contribution in [0.15, 0.2) is 12.4 Å². The van der Waals surface area contributed by atoms with Crippen LogP contribution in [0, 0.1) is 0 Å². The fourth-order valence-electron chi connectivity index (χ4n) is 1.63. The van der Waals surface area contributed by atoms with Crippen LogP contribution in [0.2, 0.25) is 5.15 Å². The van der Waals surface area contributed by atoms with E-state index in [4.69, 9.17) is 11.6 Å². The number of amides is 1. The number of hydrogen-bond acceptors (Lipinski definition) is 4. The van der Waals surface area contributed by atoms with Gasteiger partial charge in [0.25, 0.3) is 5.91 Å². The Labute approximate surface area is 98.8 Å². The molecule has 5 nitrogen and oxygen atoms in total. The van der Waals surface area contributed by atoms with Crippen LogP contribution < -0.4 is 5.32 Å². The summed E-state index contributed by atoms with van der Waals surface area (Å²) >= 11 is 5.62. The summed E-state index contributed by atoms with van der Waals surface area (Å²) < 4.78 is 0. The third kappa shape index (κ3) is 2.68. The highest BCUT2D eigenvalue weighted by molar-refractivity contribution is 6.29. The second kappa shape index (κ2) is 5.23. The fourth-order valence-corrected chi connectivity index (χ4v) is 1.73. The molecule has 1 N–H and O–H groups in total. The van der Waals surface area contributed by atoms with E-state index in [-0.39, 0.29) is 5.91 Å². The van der Waals surface area contributed by atoms with E-state index in [9.17, 15) is 4.79 Å². The molecular weight excluding hydrogens is 228 g/mol. The van der Waals surface area contributed by atoms with Crippen LogP contribution in [0.4, 0.5) is 0 Å². The standard InChI is InChI=1S/C10H13ClN4O/c11-9-7-13-8(6-14-9)10(16)15-4-1-2-12-3-5-15/h6-7,12H,1-5H2. The molecule has 6 heteroatoms. The third-order valence-electron chi connectivity index (χ3n) is 2.47. The number of aromatic nitrogens is 2. The minimum atomic E-state index is -0.0760. The summed E-state index contributed by atoms with van der Waals surface area (Å²) in [6.07, 6.45) is 3.78. The van der Waals surface area contributed by atoms with E-state index in [0.29, 0.717) is 17.4 Å². The van der Waals surface area contributed by atoms with E-state index >= 15 is 0 Å². The minimum Gasteiger partial charge on any atom is -0.336 e. The molecule has 0 bridgehead atoms. The van der Waals surface area contributed by atoms with Gasteiger partial charge in [-0.3, -0.25) is 4.79 Å². The molecule has 86 valence electrons. The lowest BCUT2D eigenvalue weighted by Crippen LogP contribution is -2.34. The highest BCUT2D eigenvalue weighted by Gasteiger charge is 2.18. The number of carbonyl (C=O) groups is 1. The molecule has 2 heterocycles. The monoisotopic (exact) mass is 240 g/mol. The van der Waals surface area contributed by atoms with Gasteiger partial charge >= 0.3 is 0 Å². The van der Waals surface area contributed by atoms with Crippen molar-refractivity contribution in [2.75, 3.05) is 26.2 Å². The van der Waals surface area contributed by atoms with Crippen LogP contribution in [-0.4, -0.2) is 47.0 Å². The number of halogens is 1. The molecule has 1 aliphatic heterocycles. The van der Waals surface area contributed by atoms with Crippen LogP contribution in [0.1, 0.15) is 16.9 Å². The Hall–Kier alpha value is -1.20. The molecule has 16 heavy (non-hydrogen) atoms. The van der Waals surface area contributed by atoms with Crippen molar-refractivity contribution in [2.45, 2.75) is 6.42 Å². The molecule has 0 saturated carbocycles. The van der Waals surface area contributed by atoms with Gasteiger partial charge in [0.1, 0.15) is 10.8 Å². The lowest BCUT2D eigenvalue weighted by atomic mass is 10.3. The average molecular weight is 241 g/mol. The first-order valence-corrected chi connectivity index (χ1v) is 5.63. The first-order valence-electron chi connectivity index (χ1n) is 5.25. The van der Waals surface area contributed by atoms with E-state index in [1.165, 1.54) is 12.4 Å². The number of nitrogens with one attached hydrogen (secondary N) is 1. The molecule has 1 amide bonds. The van der Waals surface area contributed by atoms with Crippen molar-refractivity contribution in [1.29, 1.82) is 0 Å². The quantitative estimate of drug-likeness (QED) is 0.780. The molecule has 1 saturated heterocycles. The van der Waals surface area contributed by atoms with Crippen molar-refractivity contribution in [1.82, 2.24) is 20.2 Å². The second-order valence-corrected chi connectivity index (χ2v) is 4.01. The van der Waals surface area contributed by atoms with Crippen LogP contribution in [0.5, 0.6) is 0 Å². The molecule has 1 aliphatic rings. The summed E-state index contributed by atoms with van der Waals surface area (Å²) in [7, 11) is 0. The van der Waals surface area contributed by atoms with E-state index in [0.717, 1.165) is 26.1 Å². The maximum Gasteiger partial charge on any atom is 0.274 e. The van der Waals surface area contributed by atoms with Gasteiger partial charge in [-0.2, -0.15) is 0 Å². The molecule has 0 atom stereocenters. The molecule has 0 spiro atoms. The summed E-state index contributed by atoms with van der Waals surface area (Å²) in [5.41, 5.74) is 0.353. The molecule has 0 radical (unpaired) electrons. The van der Waals surface area contributed by atoms with Gasteiger partial charge in [-0.25, -0.2) is 9.97 Å². The van der Waals surface area contributed by atoms with Gasteiger partial charge in [0.2, 0.25) is 0 Å². The predicted octanol–water partition coefficient (Wildman–Crippen LogP) is 0.565. The second-order valence-electron chi connectivity index (χ2n) is 3.62. The van der Waals surface area contributed by atoms with E-state index in [2.05, 4.69) is 15.3 Å². The SMILES string of the molecule is O=C(c1cnc(Cl)cn1)N1CCCNCC1. The highest BCUT2D eigenvalue weighted by Crippen LogP contribution is 2.06. The van der Waals surface area contributed by atoms with Crippen LogP contribution >= 0.6 is 11.6 Å². The van der Waals surface area contributed by atoms with Crippen molar-refractivity contribution < 1.29 is 4.79 Å². The molecule has 0 aliphatic carbocycles. The number of hydrogen-bond donors (Lipinski definition) is 1. The zero-order valence-corrected chi connectivity index (χ0v) is 9.57. The normalized spacial score (nSPS) is 16.9. The number of rotatable bonds is 1. The van der Waals surface area contributed by atoms with Gasteiger partial charge in [0.05, 0.1) is 12.4 Å². The lowest BCUT2D eigenvalue weighted by Gasteiger charge is -2.18. The van der Waals surface area contributed by atoms with Gasteiger partial charge in [-0.1, -0.05) is 11.6 Å². The van der Waals surface area contributed by atoms with Crippen molar-refractivity contribution >= 4 is 17.5 Å². The molecule has 0 unspecified atom stereocenters.